The molecule has 0 N–H and O–H groups in total. The lowest BCUT2D eigenvalue weighted by Crippen LogP contribution is -2.48. The first-order valence-electron chi connectivity index (χ1n) is 8.71. The van der Waals surface area contributed by atoms with Gasteiger partial charge in [0.25, 0.3) is 5.91 Å². The van der Waals surface area contributed by atoms with Crippen LogP contribution in [0.5, 0.6) is 0 Å². The Morgan fingerprint density at radius 2 is 1.85 bits per heavy atom. The van der Waals surface area contributed by atoms with Gasteiger partial charge in [-0.1, -0.05) is 12.1 Å². The van der Waals surface area contributed by atoms with Gasteiger partial charge in [-0.3, -0.25) is 14.8 Å². The van der Waals surface area contributed by atoms with E-state index in [2.05, 4.69) is 19.9 Å². The number of fused-ring (bicyclic) bond motifs is 1. The minimum Gasteiger partial charge on any atom is -0.337 e. The molecule has 0 spiro atoms. The van der Waals surface area contributed by atoms with E-state index in [1.165, 1.54) is 0 Å². The highest BCUT2D eigenvalue weighted by atomic mass is 16.2. The zero-order valence-corrected chi connectivity index (χ0v) is 15.0. The average molecular weight is 347 g/mol. The number of likely N-dealkylation sites (tertiary alicyclic amines) is 1. The molecule has 132 valence electrons. The zero-order chi connectivity index (χ0) is 18.1. The molecule has 4 rings (SSSR count). The maximum atomic E-state index is 12.6. The monoisotopic (exact) mass is 347 g/mol. The maximum absolute atomic E-state index is 12.6. The van der Waals surface area contributed by atoms with Crippen molar-refractivity contribution in [3.05, 3.63) is 65.7 Å². The van der Waals surface area contributed by atoms with Crippen LogP contribution >= 0.6 is 0 Å². The summed E-state index contributed by atoms with van der Waals surface area (Å²) in [5.74, 6) is 0.274. The van der Waals surface area contributed by atoms with Crippen LogP contribution in [0.2, 0.25) is 0 Å². The quantitative estimate of drug-likeness (QED) is 0.725. The molecule has 0 saturated carbocycles. The molecular formula is C20H21N5O. The summed E-state index contributed by atoms with van der Waals surface area (Å²) in [6.45, 7) is 2.11. The molecule has 1 fully saturated rings. The molecule has 26 heavy (non-hydrogen) atoms. The van der Waals surface area contributed by atoms with E-state index in [4.69, 9.17) is 0 Å². The molecule has 0 bridgehead atoms. The second-order valence-corrected chi connectivity index (χ2v) is 6.97. The van der Waals surface area contributed by atoms with Gasteiger partial charge in [0.2, 0.25) is 0 Å². The van der Waals surface area contributed by atoms with Crippen molar-refractivity contribution >= 4 is 16.9 Å². The van der Waals surface area contributed by atoms with Gasteiger partial charge < -0.3 is 9.80 Å². The Hall–Kier alpha value is -2.86. The van der Waals surface area contributed by atoms with Crippen molar-refractivity contribution in [1.29, 1.82) is 0 Å². The minimum absolute atomic E-state index is 0.0268. The molecule has 0 unspecified atom stereocenters. The van der Waals surface area contributed by atoms with Gasteiger partial charge in [0.15, 0.2) is 0 Å². The molecule has 1 amide bonds. The van der Waals surface area contributed by atoms with Crippen LogP contribution in [0.4, 0.5) is 0 Å². The molecule has 3 aromatic rings. The Labute approximate surface area is 152 Å². The lowest BCUT2D eigenvalue weighted by Gasteiger charge is -2.38. The number of carbonyl (C=O) groups excluding carboxylic acids is 1. The maximum Gasteiger partial charge on any atom is 0.255 e. The summed E-state index contributed by atoms with van der Waals surface area (Å²) in [5.41, 5.74) is 4.34. The predicted octanol–water partition coefficient (Wildman–Crippen LogP) is 2.33. The third kappa shape index (κ3) is 3.28. The van der Waals surface area contributed by atoms with E-state index < -0.39 is 0 Å². The van der Waals surface area contributed by atoms with Gasteiger partial charge in [0.1, 0.15) is 0 Å². The molecule has 1 aliphatic heterocycles. The van der Waals surface area contributed by atoms with Crippen molar-refractivity contribution in [2.24, 2.45) is 0 Å². The molecule has 1 aromatic carbocycles. The molecule has 2 aromatic heterocycles. The van der Waals surface area contributed by atoms with Crippen LogP contribution in [0.25, 0.3) is 11.0 Å². The Bertz CT molecular complexity index is 932. The van der Waals surface area contributed by atoms with Crippen LogP contribution in [-0.4, -0.2) is 57.8 Å². The van der Waals surface area contributed by atoms with E-state index in [0.717, 1.165) is 29.0 Å². The molecule has 1 aliphatic rings. The normalized spacial score (nSPS) is 14.7. The topological polar surface area (TPSA) is 62.2 Å². The summed E-state index contributed by atoms with van der Waals surface area (Å²) in [6.07, 6.45) is 3.50. The molecule has 3 heterocycles. The Morgan fingerprint density at radius 3 is 2.54 bits per heavy atom. The third-order valence-electron chi connectivity index (χ3n) is 4.60. The van der Waals surface area contributed by atoms with Crippen LogP contribution in [-0.2, 0) is 6.54 Å². The lowest BCUT2D eigenvalue weighted by atomic mass is 9.95. The molecule has 0 aliphatic carbocycles. The Kier molecular flexibility index (Phi) is 4.34. The summed E-state index contributed by atoms with van der Waals surface area (Å²) in [4.78, 5) is 30.0. The highest BCUT2D eigenvalue weighted by Gasteiger charge is 2.33. The lowest BCUT2D eigenvalue weighted by molar-refractivity contribution is 0.0598. The van der Waals surface area contributed by atoms with Crippen molar-refractivity contribution in [1.82, 2.24) is 24.8 Å². The van der Waals surface area contributed by atoms with E-state index >= 15 is 0 Å². The van der Waals surface area contributed by atoms with Crippen molar-refractivity contribution < 1.29 is 4.79 Å². The van der Waals surface area contributed by atoms with E-state index in [0.29, 0.717) is 18.7 Å². The number of hydrogen-bond donors (Lipinski definition) is 0. The van der Waals surface area contributed by atoms with E-state index in [1.54, 1.807) is 6.20 Å². The van der Waals surface area contributed by atoms with E-state index in [9.17, 15) is 4.79 Å². The molecule has 6 nitrogen and oxygen atoms in total. The van der Waals surface area contributed by atoms with Gasteiger partial charge >= 0.3 is 0 Å². The first kappa shape index (κ1) is 16.6. The van der Waals surface area contributed by atoms with Gasteiger partial charge in [-0.15, -0.1) is 0 Å². The summed E-state index contributed by atoms with van der Waals surface area (Å²) in [5, 5.41) is 0. The Morgan fingerprint density at radius 1 is 1.08 bits per heavy atom. The highest BCUT2D eigenvalue weighted by Crippen LogP contribution is 2.27. The number of aromatic nitrogens is 3. The van der Waals surface area contributed by atoms with Crippen LogP contribution in [0, 0.1) is 0 Å². The van der Waals surface area contributed by atoms with Gasteiger partial charge in [-0.05, 0) is 38.4 Å². The van der Waals surface area contributed by atoms with Crippen LogP contribution in [0.1, 0.15) is 27.7 Å². The fourth-order valence-electron chi connectivity index (χ4n) is 3.15. The number of rotatable bonds is 4. The molecular weight excluding hydrogens is 326 g/mol. The number of carbonyl (C=O) groups is 1. The second-order valence-electron chi connectivity index (χ2n) is 6.97. The van der Waals surface area contributed by atoms with Gasteiger partial charge in [-0.2, -0.15) is 0 Å². The number of hydrogen-bond acceptors (Lipinski definition) is 5. The van der Waals surface area contributed by atoms with Crippen LogP contribution in [0.15, 0.2) is 48.8 Å². The second kappa shape index (κ2) is 6.80. The SMILES string of the molecule is CN(C)Cc1ccc(C(=O)N2CC(c3cnc4ccccc4n3)C2)cn1. The van der Waals surface area contributed by atoms with Crippen molar-refractivity contribution in [3.8, 4) is 0 Å². The standard InChI is InChI=1S/C20H21N5O/c1-24(2)13-16-8-7-14(9-21-16)20(26)25-11-15(12-25)19-10-22-17-5-3-4-6-18(17)23-19/h3-10,15H,11-13H2,1-2H3. The van der Waals surface area contributed by atoms with Crippen LogP contribution < -0.4 is 0 Å². The first-order chi connectivity index (χ1) is 12.6. The summed E-state index contributed by atoms with van der Waals surface area (Å²) >= 11 is 0. The number of pyridine rings is 1. The van der Waals surface area contributed by atoms with Gasteiger partial charge in [0, 0.05) is 37.9 Å². The van der Waals surface area contributed by atoms with Gasteiger partial charge in [-0.25, -0.2) is 4.98 Å². The summed E-state index contributed by atoms with van der Waals surface area (Å²) in [7, 11) is 3.99. The zero-order valence-electron chi connectivity index (χ0n) is 15.0. The minimum atomic E-state index is 0.0268. The fourth-order valence-corrected chi connectivity index (χ4v) is 3.15. The number of nitrogens with zero attached hydrogens (tertiary/aromatic N) is 5. The van der Waals surface area contributed by atoms with Crippen molar-refractivity contribution in [2.75, 3.05) is 27.2 Å². The van der Waals surface area contributed by atoms with E-state index in [-0.39, 0.29) is 11.8 Å². The van der Waals surface area contributed by atoms with Gasteiger partial charge in [0.05, 0.1) is 28.0 Å². The number of benzene rings is 1. The summed E-state index contributed by atoms with van der Waals surface area (Å²) in [6, 6.07) is 11.6. The number of para-hydroxylation sites is 2. The predicted molar refractivity (Wildman–Crippen MR) is 99.8 cm³/mol. The molecule has 0 atom stereocenters. The van der Waals surface area contributed by atoms with E-state index in [1.807, 2.05) is 61.6 Å². The first-order valence-corrected chi connectivity index (χ1v) is 8.71. The van der Waals surface area contributed by atoms with Crippen LogP contribution in [0.3, 0.4) is 0 Å². The highest BCUT2D eigenvalue weighted by molar-refractivity contribution is 5.94. The average Bonchev–Trinajstić information content (AvgIpc) is 2.60. The Balaban J connectivity index is 1.41. The molecule has 1 saturated heterocycles. The fraction of sp³-hybridized carbons (Fsp3) is 0.300. The molecule has 6 heteroatoms. The summed E-state index contributed by atoms with van der Waals surface area (Å²) < 4.78 is 0. The van der Waals surface area contributed by atoms with Crippen molar-refractivity contribution in [2.45, 2.75) is 12.5 Å². The smallest absolute Gasteiger partial charge is 0.255 e. The van der Waals surface area contributed by atoms with Crippen molar-refractivity contribution in [3.63, 3.8) is 0 Å². The third-order valence-corrected chi connectivity index (χ3v) is 4.60. The largest absolute Gasteiger partial charge is 0.337 e. The molecule has 0 radical (unpaired) electrons. The number of amides is 1.